The van der Waals surface area contributed by atoms with E-state index < -0.39 is 0 Å². The quantitative estimate of drug-likeness (QED) is 0.797. The van der Waals surface area contributed by atoms with Gasteiger partial charge in [-0.05, 0) is 42.7 Å². The molecule has 17 heavy (non-hydrogen) atoms. The second kappa shape index (κ2) is 5.48. The number of aromatic nitrogens is 1. The van der Waals surface area contributed by atoms with Gasteiger partial charge in [0, 0.05) is 6.20 Å². The molecule has 0 N–H and O–H groups in total. The number of hydrogen-bond acceptors (Lipinski definition) is 2. The number of aryl methyl sites for hydroxylation is 2. The lowest BCUT2D eigenvalue weighted by atomic mass is 10.2. The molecule has 0 saturated heterocycles. The summed E-state index contributed by atoms with van der Waals surface area (Å²) in [5.74, 6) is 0.896. The highest BCUT2D eigenvalue weighted by atomic mass is 16.5. The minimum atomic E-state index is 0.526. The van der Waals surface area contributed by atoms with Crippen LogP contribution >= 0.6 is 0 Å². The first-order valence-electron chi connectivity index (χ1n) is 5.92. The lowest BCUT2D eigenvalue weighted by Gasteiger charge is -2.08. The van der Waals surface area contributed by atoms with E-state index in [1.807, 2.05) is 31.2 Å². The molecule has 0 bridgehead atoms. The van der Waals surface area contributed by atoms with E-state index in [0.717, 1.165) is 23.4 Å². The Hall–Kier alpha value is -1.83. The molecule has 0 aliphatic rings. The molecule has 0 aliphatic carbocycles. The van der Waals surface area contributed by atoms with Crippen LogP contribution in [0.1, 0.15) is 23.7 Å². The molecule has 0 unspecified atom stereocenters. The summed E-state index contributed by atoms with van der Waals surface area (Å²) >= 11 is 0. The molecule has 0 spiro atoms. The first-order chi connectivity index (χ1) is 8.29. The summed E-state index contributed by atoms with van der Waals surface area (Å²) in [4.78, 5) is 4.30. The first kappa shape index (κ1) is 11.6. The van der Waals surface area contributed by atoms with Gasteiger partial charge in [-0.3, -0.25) is 4.98 Å². The van der Waals surface area contributed by atoms with Crippen molar-refractivity contribution >= 4 is 0 Å². The molecule has 2 heteroatoms. The molecule has 0 radical (unpaired) electrons. The summed E-state index contributed by atoms with van der Waals surface area (Å²) in [5.41, 5.74) is 3.48. The van der Waals surface area contributed by atoms with Crippen molar-refractivity contribution in [3.63, 3.8) is 0 Å². The van der Waals surface area contributed by atoms with Gasteiger partial charge in [-0.25, -0.2) is 0 Å². The van der Waals surface area contributed by atoms with Crippen LogP contribution in [0.15, 0.2) is 42.6 Å². The Balaban J connectivity index is 2.00. The molecule has 2 rings (SSSR count). The molecule has 2 nitrogen and oxygen atoms in total. The van der Waals surface area contributed by atoms with Crippen molar-refractivity contribution in [2.45, 2.75) is 26.9 Å². The lowest BCUT2D eigenvalue weighted by molar-refractivity contribution is 0.300. The van der Waals surface area contributed by atoms with Gasteiger partial charge < -0.3 is 4.74 Å². The van der Waals surface area contributed by atoms with Crippen molar-refractivity contribution in [2.24, 2.45) is 0 Å². The summed E-state index contributed by atoms with van der Waals surface area (Å²) < 4.78 is 5.71. The largest absolute Gasteiger partial charge is 0.487 e. The molecular weight excluding hydrogens is 210 g/mol. The first-order valence-corrected chi connectivity index (χ1v) is 5.92. The van der Waals surface area contributed by atoms with E-state index in [4.69, 9.17) is 4.74 Å². The van der Waals surface area contributed by atoms with Crippen molar-refractivity contribution < 1.29 is 4.74 Å². The molecule has 0 fully saturated rings. The van der Waals surface area contributed by atoms with Gasteiger partial charge in [0.25, 0.3) is 0 Å². The second-order valence-corrected chi connectivity index (χ2v) is 4.05. The van der Waals surface area contributed by atoms with Crippen LogP contribution in [0.25, 0.3) is 0 Å². The molecule has 1 aromatic heterocycles. The Morgan fingerprint density at radius 1 is 1.12 bits per heavy atom. The second-order valence-electron chi connectivity index (χ2n) is 4.05. The van der Waals surface area contributed by atoms with Crippen LogP contribution < -0.4 is 4.74 Å². The van der Waals surface area contributed by atoms with Crippen molar-refractivity contribution in [1.82, 2.24) is 4.98 Å². The third-order valence-electron chi connectivity index (χ3n) is 2.83. The zero-order valence-electron chi connectivity index (χ0n) is 10.3. The number of pyridine rings is 1. The van der Waals surface area contributed by atoms with Crippen molar-refractivity contribution in [3.8, 4) is 5.75 Å². The van der Waals surface area contributed by atoms with E-state index in [1.54, 1.807) is 6.20 Å². The summed E-state index contributed by atoms with van der Waals surface area (Å²) in [6.45, 7) is 4.72. The third-order valence-corrected chi connectivity index (χ3v) is 2.83. The topological polar surface area (TPSA) is 22.1 Å². The maximum absolute atomic E-state index is 5.71. The Kier molecular flexibility index (Phi) is 3.76. The molecule has 0 aliphatic heterocycles. The summed E-state index contributed by atoms with van der Waals surface area (Å²) in [5, 5.41) is 0. The Bertz CT molecular complexity index is 477. The average Bonchev–Trinajstić information content (AvgIpc) is 2.38. The Labute approximate surface area is 102 Å². The van der Waals surface area contributed by atoms with Crippen LogP contribution in [0.3, 0.4) is 0 Å². The lowest BCUT2D eigenvalue weighted by Crippen LogP contribution is -2.00. The van der Waals surface area contributed by atoms with Gasteiger partial charge in [0.05, 0.1) is 5.69 Å². The highest BCUT2D eigenvalue weighted by Crippen LogP contribution is 2.14. The van der Waals surface area contributed by atoms with E-state index in [2.05, 4.69) is 24.0 Å². The fourth-order valence-electron chi connectivity index (χ4n) is 1.64. The van der Waals surface area contributed by atoms with E-state index in [1.165, 1.54) is 5.56 Å². The van der Waals surface area contributed by atoms with Gasteiger partial charge in [-0.15, -0.1) is 0 Å². The minimum absolute atomic E-state index is 0.526. The van der Waals surface area contributed by atoms with Crippen LogP contribution in [-0.4, -0.2) is 4.98 Å². The zero-order chi connectivity index (χ0) is 12.1. The fourth-order valence-corrected chi connectivity index (χ4v) is 1.64. The van der Waals surface area contributed by atoms with E-state index >= 15 is 0 Å². The highest BCUT2D eigenvalue weighted by molar-refractivity contribution is 5.27. The molecule has 1 aromatic carbocycles. The van der Waals surface area contributed by atoms with Crippen LogP contribution in [0.5, 0.6) is 5.75 Å². The number of benzene rings is 1. The van der Waals surface area contributed by atoms with Crippen LogP contribution in [-0.2, 0) is 13.0 Å². The zero-order valence-corrected chi connectivity index (χ0v) is 10.3. The molecule has 2 aromatic rings. The van der Waals surface area contributed by atoms with Gasteiger partial charge in [-0.1, -0.05) is 25.1 Å². The number of nitrogens with zero attached hydrogens (tertiary/aromatic N) is 1. The number of ether oxygens (including phenoxy) is 1. The summed E-state index contributed by atoms with van der Waals surface area (Å²) in [6.07, 6.45) is 2.85. The third kappa shape index (κ3) is 3.06. The van der Waals surface area contributed by atoms with Gasteiger partial charge in [0.1, 0.15) is 12.4 Å². The predicted octanol–water partition coefficient (Wildman–Crippen LogP) is 3.53. The molecule has 0 amide bonds. The van der Waals surface area contributed by atoms with E-state index in [-0.39, 0.29) is 0 Å². The maximum Gasteiger partial charge on any atom is 0.130 e. The smallest absolute Gasteiger partial charge is 0.130 e. The Morgan fingerprint density at radius 3 is 2.53 bits per heavy atom. The number of hydrogen-bond donors (Lipinski definition) is 0. The molecule has 0 atom stereocenters. The standard InChI is InChI=1S/C15H17NO/c1-3-13-6-8-14(9-7-13)17-11-15-12(2)5-4-10-16-15/h4-10H,3,11H2,1-2H3. The van der Waals surface area contributed by atoms with E-state index in [9.17, 15) is 0 Å². The highest BCUT2D eigenvalue weighted by Gasteiger charge is 2.00. The van der Waals surface area contributed by atoms with Gasteiger partial charge >= 0.3 is 0 Å². The van der Waals surface area contributed by atoms with Crippen molar-refractivity contribution in [3.05, 3.63) is 59.4 Å². The average molecular weight is 227 g/mol. The summed E-state index contributed by atoms with van der Waals surface area (Å²) in [6, 6.07) is 12.2. The fraction of sp³-hybridized carbons (Fsp3) is 0.267. The van der Waals surface area contributed by atoms with Crippen LogP contribution in [0.4, 0.5) is 0 Å². The minimum Gasteiger partial charge on any atom is -0.487 e. The normalized spacial score (nSPS) is 10.2. The molecule has 88 valence electrons. The molecular formula is C15H17NO. The maximum atomic E-state index is 5.71. The molecule has 1 heterocycles. The van der Waals surface area contributed by atoms with Crippen molar-refractivity contribution in [1.29, 1.82) is 0 Å². The van der Waals surface area contributed by atoms with Crippen molar-refractivity contribution in [2.75, 3.05) is 0 Å². The molecule has 0 saturated carbocycles. The van der Waals surface area contributed by atoms with Crippen LogP contribution in [0.2, 0.25) is 0 Å². The number of rotatable bonds is 4. The van der Waals surface area contributed by atoms with Gasteiger partial charge in [0.2, 0.25) is 0 Å². The Morgan fingerprint density at radius 2 is 1.88 bits per heavy atom. The van der Waals surface area contributed by atoms with Gasteiger partial charge in [0.15, 0.2) is 0 Å². The van der Waals surface area contributed by atoms with Crippen LogP contribution in [0, 0.1) is 6.92 Å². The predicted molar refractivity (Wildman–Crippen MR) is 69.1 cm³/mol. The van der Waals surface area contributed by atoms with E-state index in [0.29, 0.717) is 6.61 Å². The van der Waals surface area contributed by atoms with Gasteiger partial charge in [-0.2, -0.15) is 0 Å². The SMILES string of the molecule is CCc1ccc(OCc2ncccc2C)cc1. The monoisotopic (exact) mass is 227 g/mol. The summed E-state index contributed by atoms with van der Waals surface area (Å²) in [7, 11) is 0.